The molecule has 49 heavy (non-hydrogen) atoms. The minimum atomic E-state index is 0.400. The van der Waals surface area contributed by atoms with Crippen LogP contribution in [0, 0.1) is 11.8 Å². The van der Waals surface area contributed by atoms with E-state index in [4.69, 9.17) is 33.7 Å². The summed E-state index contributed by atoms with van der Waals surface area (Å²) in [6, 6.07) is 30.9. The van der Waals surface area contributed by atoms with Gasteiger partial charge in [0.1, 0.15) is 34.5 Å². The lowest BCUT2D eigenvalue weighted by Gasteiger charge is -2.23. The van der Waals surface area contributed by atoms with Crippen LogP contribution in [0.25, 0.3) is 0 Å². The number of aliphatic imine (C=N–C) groups is 2. The highest BCUT2D eigenvalue weighted by atomic mass is 16.5. The normalized spacial score (nSPS) is 16.2. The molecule has 256 valence electrons. The molecule has 0 bridgehead atoms. The summed E-state index contributed by atoms with van der Waals surface area (Å²) in [6.45, 7) is 5.28. The van der Waals surface area contributed by atoms with Gasteiger partial charge < -0.3 is 23.7 Å². The van der Waals surface area contributed by atoms with E-state index in [9.17, 15) is 0 Å². The van der Waals surface area contributed by atoms with E-state index in [0.29, 0.717) is 48.0 Å². The molecule has 2 saturated carbocycles. The molecule has 4 aromatic carbocycles. The van der Waals surface area contributed by atoms with Crippen molar-refractivity contribution < 1.29 is 23.7 Å². The summed E-state index contributed by atoms with van der Waals surface area (Å²) in [5.74, 6) is 6.80. The molecule has 0 N–H and O–H groups in total. The molecule has 0 aliphatic heterocycles. The van der Waals surface area contributed by atoms with E-state index >= 15 is 0 Å². The number of nitrogens with zero attached hydrogens (tertiary/aromatic N) is 2. The topological polar surface area (TPSA) is 70.9 Å². The number of ether oxygens (including phenoxy) is 5. The minimum Gasteiger partial charge on any atom is -0.481 e. The minimum absolute atomic E-state index is 0.400. The van der Waals surface area contributed by atoms with Crippen LogP contribution in [0.5, 0.6) is 34.5 Å². The van der Waals surface area contributed by atoms with Crippen LogP contribution in [-0.4, -0.2) is 25.0 Å². The quantitative estimate of drug-likeness (QED) is 0.112. The fourth-order valence-corrected chi connectivity index (χ4v) is 6.52. The van der Waals surface area contributed by atoms with Gasteiger partial charge in [-0.3, -0.25) is 0 Å². The maximum absolute atomic E-state index is 6.16. The fraction of sp³-hybridized carbons (Fsp3) is 0.381. The summed E-state index contributed by atoms with van der Waals surface area (Å²) in [7, 11) is 0. The highest BCUT2D eigenvalue weighted by molar-refractivity contribution is 5.82. The molecule has 0 heterocycles. The third-order valence-electron chi connectivity index (χ3n) is 8.96. The molecule has 0 unspecified atom stereocenters. The molecule has 7 heteroatoms. The molecule has 0 saturated heterocycles. The summed E-state index contributed by atoms with van der Waals surface area (Å²) in [6.07, 6.45) is 12.1. The smallest absolute Gasteiger partial charge is 0.191 e. The lowest BCUT2D eigenvalue weighted by Crippen LogP contribution is -2.20. The van der Waals surface area contributed by atoms with Crippen molar-refractivity contribution in [3.63, 3.8) is 0 Å². The first-order valence-corrected chi connectivity index (χ1v) is 18.0. The molecule has 2 aliphatic rings. The van der Waals surface area contributed by atoms with Crippen molar-refractivity contribution in [2.75, 3.05) is 13.2 Å². The van der Waals surface area contributed by atoms with Crippen LogP contribution in [0.3, 0.4) is 0 Å². The Labute approximate surface area is 291 Å². The van der Waals surface area contributed by atoms with Crippen molar-refractivity contribution >= 4 is 23.2 Å². The summed E-state index contributed by atoms with van der Waals surface area (Å²) in [5, 5.41) is 0. The number of rotatable bonds is 12. The zero-order chi connectivity index (χ0) is 33.7. The van der Waals surface area contributed by atoms with Crippen LogP contribution >= 0.6 is 0 Å². The molecule has 0 spiro atoms. The first kappa shape index (κ1) is 34.1. The zero-order valence-corrected chi connectivity index (χ0v) is 28.8. The zero-order valence-electron chi connectivity index (χ0n) is 28.8. The second kappa shape index (κ2) is 17.6. The largest absolute Gasteiger partial charge is 0.481 e. The molecule has 4 aromatic rings. The van der Waals surface area contributed by atoms with Gasteiger partial charge in [0.05, 0.1) is 24.6 Å². The van der Waals surface area contributed by atoms with Crippen LogP contribution in [0.1, 0.15) is 78.1 Å². The lowest BCUT2D eigenvalue weighted by atomic mass is 9.89. The number of hydrogen-bond donors (Lipinski definition) is 0. The van der Waals surface area contributed by atoms with Gasteiger partial charge in [0.15, 0.2) is 11.8 Å². The molecule has 0 atom stereocenters. The maximum atomic E-state index is 6.16. The van der Waals surface area contributed by atoms with Crippen LogP contribution in [-0.2, 0) is 9.47 Å². The van der Waals surface area contributed by atoms with Gasteiger partial charge in [-0.1, -0.05) is 50.7 Å². The Morgan fingerprint density at radius 1 is 0.469 bits per heavy atom. The molecule has 2 fully saturated rings. The third-order valence-corrected chi connectivity index (χ3v) is 8.96. The Morgan fingerprint density at radius 3 is 1.16 bits per heavy atom. The van der Waals surface area contributed by atoms with Gasteiger partial charge in [-0.15, -0.1) is 0 Å². The molecule has 0 amide bonds. The Morgan fingerprint density at radius 2 is 0.816 bits per heavy atom. The lowest BCUT2D eigenvalue weighted by molar-refractivity contribution is 0.279. The molecular weight excluding hydrogens is 612 g/mol. The summed E-state index contributed by atoms with van der Waals surface area (Å²) in [5.41, 5.74) is 1.68. The van der Waals surface area contributed by atoms with E-state index in [2.05, 4.69) is 0 Å². The Kier molecular flexibility index (Phi) is 12.2. The van der Waals surface area contributed by atoms with E-state index in [1.54, 1.807) is 0 Å². The van der Waals surface area contributed by atoms with E-state index in [-0.39, 0.29) is 0 Å². The highest BCUT2D eigenvalue weighted by Gasteiger charge is 2.22. The third kappa shape index (κ3) is 10.1. The average molecular weight is 661 g/mol. The maximum Gasteiger partial charge on any atom is 0.191 e. The van der Waals surface area contributed by atoms with Crippen LogP contribution < -0.4 is 14.2 Å². The van der Waals surface area contributed by atoms with Crippen molar-refractivity contribution in [2.24, 2.45) is 21.8 Å². The van der Waals surface area contributed by atoms with Gasteiger partial charge in [-0.2, -0.15) is 0 Å². The highest BCUT2D eigenvalue weighted by Crippen LogP contribution is 2.33. The van der Waals surface area contributed by atoms with E-state index in [0.717, 1.165) is 60.4 Å². The Hall–Kier alpha value is -4.78. The number of hydrogen-bond acceptors (Lipinski definition) is 7. The average Bonchev–Trinajstić information content (AvgIpc) is 3.14. The van der Waals surface area contributed by atoms with Crippen LogP contribution in [0.2, 0.25) is 0 Å². The first-order chi connectivity index (χ1) is 24.1. The first-order valence-electron chi connectivity index (χ1n) is 18.0. The molecule has 2 aliphatic carbocycles. The van der Waals surface area contributed by atoms with Crippen molar-refractivity contribution in [3.05, 3.63) is 97.1 Å². The van der Waals surface area contributed by atoms with Crippen LogP contribution in [0.4, 0.5) is 11.4 Å². The van der Waals surface area contributed by atoms with E-state index in [1.807, 2.05) is 111 Å². The molecule has 6 rings (SSSR count). The van der Waals surface area contributed by atoms with Gasteiger partial charge in [-0.05, 0) is 112 Å². The Balaban J connectivity index is 1.04. The SMILES string of the molecule is CCOC(=Nc1cccc(Oc2ccc(Oc3ccc(Oc4cccc(N=C(OCC)C5CCCCC5)c4)cc3)cc2)c1)C1CCCCC1. The monoisotopic (exact) mass is 660 g/mol. The summed E-state index contributed by atoms with van der Waals surface area (Å²) in [4.78, 5) is 9.75. The second-order valence-corrected chi connectivity index (χ2v) is 12.7. The van der Waals surface area contributed by atoms with Gasteiger partial charge in [-0.25, -0.2) is 9.98 Å². The summed E-state index contributed by atoms with van der Waals surface area (Å²) < 4.78 is 30.3. The predicted octanol–water partition coefficient (Wildman–Crippen LogP) is 12.4. The van der Waals surface area contributed by atoms with Crippen molar-refractivity contribution in [3.8, 4) is 34.5 Å². The second-order valence-electron chi connectivity index (χ2n) is 12.7. The molecular formula is C42H48N2O5. The molecule has 0 aromatic heterocycles. The van der Waals surface area contributed by atoms with Crippen LogP contribution in [0.15, 0.2) is 107 Å². The van der Waals surface area contributed by atoms with Gasteiger partial charge in [0.2, 0.25) is 0 Å². The van der Waals surface area contributed by atoms with Crippen molar-refractivity contribution in [1.29, 1.82) is 0 Å². The molecule has 0 radical (unpaired) electrons. The van der Waals surface area contributed by atoms with Gasteiger partial charge >= 0.3 is 0 Å². The van der Waals surface area contributed by atoms with E-state index in [1.165, 1.54) is 38.5 Å². The van der Waals surface area contributed by atoms with Crippen molar-refractivity contribution in [2.45, 2.75) is 78.1 Å². The standard InChI is InChI=1S/C42H48N2O5/c1-3-45-41(31-13-7-5-8-14-31)43-33-17-11-19-39(29-33)48-37-25-21-35(22-26-37)47-36-23-27-38(28-24-36)49-40-20-12-18-34(30-40)44-42(46-4-2)32-15-9-6-10-16-32/h11-12,17-32H,3-10,13-16H2,1-2H3. The van der Waals surface area contributed by atoms with Gasteiger partial charge in [0, 0.05) is 24.0 Å². The van der Waals surface area contributed by atoms with Crippen molar-refractivity contribution in [1.82, 2.24) is 0 Å². The predicted molar refractivity (Wildman–Crippen MR) is 197 cm³/mol. The number of benzene rings is 4. The van der Waals surface area contributed by atoms with E-state index < -0.39 is 0 Å². The van der Waals surface area contributed by atoms with Gasteiger partial charge in [0.25, 0.3) is 0 Å². The fourth-order valence-electron chi connectivity index (χ4n) is 6.52. The Bertz CT molecular complexity index is 1550. The summed E-state index contributed by atoms with van der Waals surface area (Å²) >= 11 is 0. The molecule has 7 nitrogen and oxygen atoms in total.